The van der Waals surface area contributed by atoms with Crippen LogP contribution in [0.2, 0.25) is 5.02 Å². The molecule has 1 aromatic heterocycles. The summed E-state index contributed by atoms with van der Waals surface area (Å²) in [5.41, 5.74) is 3.77. The number of carboxylic acids is 1. The number of hydrogen-bond acceptors (Lipinski definition) is 5. The minimum Gasteiger partial charge on any atom is -0.481 e. The summed E-state index contributed by atoms with van der Waals surface area (Å²) >= 11 is 7.35. The molecule has 4 aromatic rings. The molecule has 1 unspecified atom stereocenters. The van der Waals surface area contributed by atoms with E-state index in [-0.39, 0.29) is 23.3 Å². The molecule has 3 aromatic carbocycles. The smallest absolute Gasteiger partial charge is 0.303 e. The number of carboxylic acid groups (broad SMARTS) is 1. The number of benzene rings is 3. The van der Waals surface area contributed by atoms with E-state index in [9.17, 15) is 9.59 Å². The molecule has 0 spiro atoms. The maximum absolute atomic E-state index is 12.7. The molecule has 1 heterocycles. The van der Waals surface area contributed by atoms with E-state index in [4.69, 9.17) is 16.7 Å². The van der Waals surface area contributed by atoms with Crippen LogP contribution in [0.5, 0.6) is 0 Å². The molecule has 0 aliphatic rings. The van der Waals surface area contributed by atoms with Crippen LogP contribution in [0.1, 0.15) is 43.8 Å². The monoisotopic (exact) mass is 491 g/mol. The van der Waals surface area contributed by atoms with Gasteiger partial charge < -0.3 is 10.4 Å². The average molecular weight is 492 g/mol. The van der Waals surface area contributed by atoms with Crippen molar-refractivity contribution in [2.75, 3.05) is 5.32 Å². The molecule has 8 heteroatoms. The van der Waals surface area contributed by atoms with Crippen molar-refractivity contribution >= 4 is 40.5 Å². The van der Waals surface area contributed by atoms with E-state index in [2.05, 4.69) is 27.6 Å². The number of anilines is 1. The Kier molecular flexibility index (Phi) is 7.67. The predicted molar refractivity (Wildman–Crippen MR) is 134 cm³/mol. The minimum atomic E-state index is -0.838. The van der Waals surface area contributed by atoms with Crippen molar-refractivity contribution in [2.45, 2.75) is 25.2 Å². The summed E-state index contributed by atoms with van der Waals surface area (Å²) in [5.74, 6) is -1.11. The Morgan fingerprint density at radius 3 is 2.26 bits per heavy atom. The van der Waals surface area contributed by atoms with Gasteiger partial charge in [0.2, 0.25) is 5.01 Å². The Bertz CT molecular complexity index is 1260. The molecule has 0 saturated heterocycles. The number of carbonyl (C=O) groups is 2. The lowest BCUT2D eigenvalue weighted by Gasteiger charge is -2.16. The topological polar surface area (TPSA) is 92.2 Å². The van der Waals surface area contributed by atoms with Crippen molar-refractivity contribution in [3.8, 4) is 0 Å². The molecule has 2 N–H and O–H groups in total. The summed E-state index contributed by atoms with van der Waals surface area (Å²) < 4.78 is 0. The Labute approximate surface area is 206 Å². The van der Waals surface area contributed by atoms with Gasteiger partial charge in [-0.05, 0) is 47.4 Å². The second-order valence-corrected chi connectivity index (χ2v) is 9.26. The number of halogens is 1. The van der Waals surface area contributed by atoms with Crippen LogP contribution in [0, 0.1) is 0 Å². The molecule has 172 valence electrons. The number of rotatable bonds is 9. The van der Waals surface area contributed by atoms with E-state index in [0.717, 1.165) is 21.7 Å². The second kappa shape index (κ2) is 11.0. The number of hydrogen-bond donors (Lipinski definition) is 2. The number of nitrogens with one attached hydrogen (secondary N) is 1. The van der Waals surface area contributed by atoms with Crippen LogP contribution in [-0.4, -0.2) is 27.2 Å². The molecular weight excluding hydrogens is 470 g/mol. The van der Waals surface area contributed by atoms with Gasteiger partial charge in [-0.1, -0.05) is 77.5 Å². The van der Waals surface area contributed by atoms with Gasteiger partial charge in [-0.3, -0.25) is 9.59 Å². The van der Waals surface area contributed by atoms with Gasteiger partial charge in [0, 0.05) is 29.5 Å². The summed E-state index contributed by atoms with van der Waals surface area (Å²) in [4.78, 5) is 23.4. The van der Waals surface area contributed by atoms with E-state index < -0.39 is 5.97 Å². The van der Waals surface area contributed by atoms with E-state index in [1.165, 1.54) is 11.3 Å². The third-order valence-corrected chi connectivity index (χ3v) is 6.55. The summed E-state index contributed by atoms with van der Waals surface area (Å²) in [6, 6.07) is 25.0. The highest BCUT2D eigenvalue weighted by atomic mass is 35.5. The first kappa shape index (κ1) is 23.6. The van der Waals surface area contributed by atoms with Crippen molar-refractivity contribution in [3.63, 3.8) is 0 Å². The van der Waals surface area contributed by atoms with Crippen LogP contribution in [0.15, 0.2) is 78.9 Å². The van der Waals surface area contributed by atoms with Gasteiger partial charge >= 0.3 is 5.97 Å². The van der Waals surface area contributed by atoms with Gasteiger partial charge in [-0.2, -0.15) is 0 Å². The molecule has 0 radical (unpaired) electrons. The van der Waals surface area contributed by atoms with E-state index >= 15 is 0 Å². The van der Waals surface area contributed by atoms with Crippen LogP contribution >= 0.6 is 22.9 Å². The zero-order valence-electron chi connectivity index (χ0n) is 18.1. The molecule has 34 heavy (non-hydrogen) atoms. The lowest BCUT2D eigenvalue weighted by atomic mass is 9.89. The number of amides is 1. The molecule has 0 bridgehead atoms. The number of aryl methyl sites for hydroxylation is 1. The van der Waals surface area contributed by atoms with Gasteiger partial charge in [0.1, 0.15) is 5.01 Å². The molecule has 0 aliphatic heterocycles. The highest BCUT2D eigenvalue weighted by Crippen LogP contribution is 2.30. The molecule has 4 rings (SSSR count). The number of aliphatic carboxylic acids is 1. The van der Waals surface area contributed by atoms with Gasteiger partial charge in [0.15, 0.2) is 0 Å². The van der Waals surface area contributed by atoms with E-state index in [1.54, 1.807) is 24.3 Å². The lowest BCUT2D eigenvalue weighted by Crippen LogP contribution is -2.11. The van der Waals surface area contributed by atoms with E-state index in [0.29, 0.717) is 23.6 Å². The molecule has 0 aliphatic carbocycles. The Morgan fingerprint density at radius 2 is 1.59 bits per heavy atom. The van der Waals surface area contributed by atoms with Crippen molar-refractivity contribution in [2.24, 2.45) is 0 Å². The normalized spacial score (nSPS) is 11.7. The fourth-order valence-corrected chi connectivity index (χ4v) is 4.51. The number of nitrogens with zero attached hydrogens (tertiary/aromatic N) is 2. The van der Waals surface area contributed by atoms with Crippen LogP contribution < -0.4 is 5.32 Å². The number of aromatic nitrogens is 2. The molecule has 0 saturated carbocycles. The van der Waals surface area contributed by atoms with Crippen LogP contribution in [0.25, 0.3) is 0 Å². The van der Waals surface area contributed by atoms with Crippen LogP contribution in [0.3, 0.4) is 0 Å². The third kappa shape index (κ3) is 6.27. The molecule has 0 fully saturated rings. The SMILES string of the molecule is O=C(O)CCc1ccc(NC(=O)c2nnc(CC(c3ccccc3)c3ccc(Cl)cc3)s2)cc1. The van der Waals surface area contributed by atoms with Gasteiger partial charge in [0.05, 0.1) is 0 Å². The predicted octanol–water partition coefficient (Wildman–Crippen LogP) is 5.84. The number of carbonyl (C=O) groups excluding carboxylic acids is 1. The first-order chi connectivity index (χ1) is 16.5. The average Bonchev–Trinajstić information content (AvgIpc) is 3.32. The maximum atomic E-state index is 12.7. The zero-order valence-corrected chi connectivity index (χ0v) is 19.7. The lowest BCUT2D eigenvalue weighted by molar-refractivity contribution is -0.136. The van der Waals surface area contributed by atoms with Crippen molar-refractivity contribution in [3.05, 3.63) is 111 Å². The Balaban J connectivity index is 1.45. The quantitative estimate of drug-likeness (QED) is 0.307. The molecule has 1 amide bonds. The minimum absolute atomic E-state index is 0.0562. The van der Waals surface area contributed by atoms with Crippen LogP contribution in [-0.2, 0) is 17.6 Å². The van der Waals surface area contributed by atoms with Crippen molar-refractivity contribution < 1.29 is 14.7 Å². The standard InChI is InChI=1S/C26H22ClN3O3S/c27-20-11-9-19(10-12-20)22(18-4-2-1-3-5-18)16-23-29-30-26(34-23)25(33)28-21-13-6-17(7-14-21)8-15-24(31)32/h1-7,9-14,22H,8,15-16H2,(H,28,33)(H,31,32). The fraction of sp³-hybridized carbons (Fsp3) is 0.154. The summed E-state index contributed by atoms with van der Waals surface area (Å²) in [6.07, 6.45) is 1.12. The largest absolute Gasteiger partial charge is 0.481 e. The van der Waals surface area contributed by atoms with Gasteiger partial charge in [0.25, 0.3) is 5.91 Å². The van der Waals surface area contributed by atoms with E-state index in [1.807, 2.05) is 42.5 Å². The first-order valence-electron chi connectivity index (χ1n) is 10.7. The zero-order chi connectivity index (χ0) is 23.9. The Hall–Kier alpha value is -3.55. The second-order valence-electron chi connectivity index (χ2n) is 7.76. The molecule has 6 nitrogen and oxygen atoms in total. The third-order valence-electron chi connectivity index (χ3n) is 5.35. The van der Waals surface area contributed by atoms with Gasteiger partial charge in [-0.25, -0.2) is 0 Å². The van der Waals surface area contributed by atoms with Crippen molar-refractivity contribution in [1.29, 1.82) is 0 Å². The summed E-state index contributed by atoms with van der Waals surface area (Å²) in [5, 5.41) is 21.7. The molecular formula is C26H22ClN3O3S. The van der Waals surface area contributed by atoms with Crippen LogP contribution in [0.4, 0.5) is 5.69 Å². The highest BCUT2D eigenvalue weighted by molar-refractivity contribution is 7.13. The summed E-state index contributed by atoms with van der Waals surface area (Å²) in [7, 11) is 0. The first-order valence-corrected chi connectivity index (χ1v) is 11.9. The highest BCUT2D eigenvalue weighted by Gasteiger charge is 2.20. The van der Waals surface area contributed by atoms with Gasteiger partial charge in [-0.15, -0.1) is 10.2 Å². The summed E-state index contributed by atoms with van der Waals surface area (Å²) in [6.45, 7) is 0. The maximum Gasteiger partial charge on any atom is 0.303 e. The van der Waals surface area contributed by atoms with Crippen molar-refractivity contribution in [1.82, 2.24) is 10.2 Å². The Morgan fingerprint density at radius 1 is 0.912 bits per heavy atom. The molecule has 1 atom stereocenters. The fourth-order valence-electron chi connectivity index (χ4n) is 3.60.